The average molecular weight is 227 g/mol. The predicted molar refractivity (Wildman–Crippen MR) is 60.7 cm³/mol. The summed E-state index contributed by atoms with van der Waals surface area (Å²) in [4.78, 5) is 0. The quantitative estimate of drug-likeness (QED) is 0.849. The van der Waals surface area contributed by atoms with Gasteiger partial charge in [-0.3, -0.25) is 5.43 Å². The van der Waals surface area contributed by atoms with Crippen LogP contribution in [-0.2, 0) is 11.3 Å². The van der Waals surface area contributed by atoms with Gasteiger partial charge in [0.2, 0.25) is 0 Å². The predicted octanol–water partition coefficient (Wildman–Crippen LogP) is 1.68. The lowest BCUT2D eigenvalue weighted by molar-refractivity contribution is 0.0106. The Bertz CT molecular complexity index is 313. The fourth-order valence-electron chi connectivity index (χ4n) is 1.57. The Kier molecular flexibility index (Phi) is 3.97. The van der Waals surface area contributed by atoms with Crippen molar-refractivity contribution in [1.29, 1.82) is 0 Å². The number of hydrogen-bond donors (Lipinski definition) is 1. The SMILES string of the molecule is Clc1cccc(CNN2CCOCC2)c1. The molecule has 1 aliphatic heterocycles. The molecule has 0 radical (unpaired) electrons. The highest BCUT2D eigenvalue weighted by molar-refractivity contribution is 6.30. The normalized spacial score (nSPS) is 17.9. The molecule has 82 valence electrons. The highest BCUT2D eigenvalue weighted by atomic mass is 35.5. The molecular weight excluding hydrogens is 212 g/mol. The number of morpholine rings is 1. The van der Waals surface area contributed by atoms with E-state index in [4.69, 9.17) is 16.3 Å². The third-order valence-corrected chi connectivity index (χ3v) is 2.64. The molecular formula is C11H15ClN2O. The maximum absolute atomic E-state index is 5.90. The first-order valence-corrected chi connectivity index (χ1v) is 5.53. The molecule has 1 aliphatic rings. The summed E-state index contributed by atoms with van der Waals surface area (Å²) in [5.41, 5.74) is 4.56. The van der Waals surface area contributed by atoms with E-state index in [-0.39, 0.29) is 0 Å². The van der Waals surface area contributed by atoms with Crippen LogP contribution in [-0.4, -0.2) is 31.3 Å². The second-order valence-corrected chi connectivity index (χ2v) is 4.00. The number of halogens is 1. The van der Waals surface area contributed by atoms with E-state index in [0.29, 0.717) is 0 Å². The van der Waals surface area contributed by atoms with Gasteiger partial charge in [-0.05, 0) is 17.7 Å². The van der Waals surface area contributed by atoms with Crippen LogP contribution in [0.15, 0.2) is 24.3 Å². The van der Waals surface area contributed by atoms with E-state index in [9.17, 15) is 0 Å². The lowest BCUT2D eigenvalue weighted by atomic mass is 10.2. The lowest BCUT2D eigenvalue weighted by Crippen LogP contribution is -2.45. The van der Waals surface area contributed by atoms with E-state index in [2.05, 4.69) is 16.5 Å². The fourth-order valence-corrected chi connectivity index (χ4v) is 1.78. The van der Waals surface area contributed by atoms with Gasteiger partial charge >= 0.3 is 0 Å². The second-order valence-electron chi connectivity index (χ2n) is 3.56. The fraction of sp³-hybridized carbons (Fsp3) is 0.455. The molecule has 4 heteroatoms. The van der Waals surface area contributed by atoms with Crippen molar-refractivity contribution in [1.82, 2.24) is 10.4 Å². The molecule has 0 bridgehead atoms. The minimum absolute atomic E-state index is 0.788. The van der Waals surface area contributed by atoms with Gasteiger partial charge in [0.1, 0.15) is 0 Å². The van der Waals surface area contributed by atoms with Crippen molar-refractivity contribution >= 4 is 11.6 Å². The van der Waals surface area contributed by atoms with Gasteiger partial charge in [-0.2, -0.15) is 0 Å². The van der Waals surface area contributed by atoms with Crippen molar-refractivity contribution < 1.29 is 4.74 Å². The monoisotopic (exact) mass is 226 g/mol. The molecule has 1 saturated heterocycles. The standard InChI is InChI=1S/C11H15ClN2O/c12-11-3-1-2-10(8-11)9-13-14-4-6-15-7-5-14/h1-3,8,13H,4-7,9H2. The molecule has 1 heterocycles. The Morgan fingerprint density at radius 3 is 2.87 bits per heavy atom. The van der Waals surface area contributed by atoms with E-state index in [1.807, 2.05) is 18.2 Å². The lowest BCUT2D eigenvalue weighted by Gasteiger charge is -2.27. The third kappa shape index (κ3) is 3.47. The zero-order valence-corrected chi connectivity index (χ0v) is 9.33. The number of nitrogens with one attached hydrogen (secondary N) is 1. The van der Waals surface area contributed by atoms with Crippen LogP contribution in [0.4, 0.5) is 0 Å². The van der Waals surface area contributed by atoms with Gasteiger partial charge in [0.05, 0.1) is 13.2 Å². The molecule has 1 N–H and O–H groups in total. The minimum atomic E-state index is 0.788. The number of hydrogen-bond acceptors (Lipinski definition) is 3. The summed E-state index contributed by atoms with van der Waals surface area (Å²) in [7, 11) is 0. The van der Waals surface area contributed by atoms with Crippen LogP contribution in [0.1, 0.15) is 5.56 Å². The highest BCUT2D eigenvalue weighted by Gasteiger charge is 2.08. The van der Waals surface area contributed by atoms with Crippen molar-refractivity contribution in [3.63, 3.8) is 0 Å². The second kappa shape index (κ2) is 5.47. The molecule has 0 saturated carbocycles. The summed E-state index contributed by atoms with van der Waals surface area (Å²) in [6.45, 7) is 4.33. The molecule has 0 spiro atoms. The first kappa shape index (κ1) is 10.9. The Morgan fingerprint density at radius 2 is 2.13 bits per heavy atom. The zero-order chi connectivity index (χ0) is 10.5. The van der Waals surface area contributed by atoms with Crippen LogP contribution >= 0.6 is 11.6 Å². The first-order chi connectivity index (χ1) is 7.34. The molecule has 1 aromatic carbocycles. The molecule has 0 unspecified atom stereocenters. The first-order valence-electron chi connectivity index (χ1n) is 5.15. The molecule has 1 aromatic rings. The summed E-state index contributed by atoms with van der Waals surface area (Å²) < 4.78 is 5.27. The molecule has 0 amide bonds. The largest absolute Gasteiger partial charge is 0.379 e. The maximum Gasteiger partial charge on any atom is 0.0608 e. The number of hydrazine groups is 1. The van der Waals surface area contributed by atoms with Gasteiger partial charge in [0.15, 0.2) is 0 Å². The highest BCUT2D eigenvalue weighted by Crippen LogP contribution is 2.10. The van der Waals surface area contributed by atoms with Gasteiger partial charge in [-0.1, -0.05) is 23.7 Å². The van der Waals surface area contributed by atoms with Gasteiger partial charge in [-0.25, -0.2) is 5.01 Å². The van der Waals surface area contributed by atoms with Crippen molar-refractivity contribution in [2.24, 2.45) is 0 Å². The topological polar surface area (TPSA) is 24.5 Å². The van der Waals surface area contributed by atoms with Crippen LogP contribution in [0.3, 0.4) is 0 Å². The Hall–Kier alpha value is -0.610. The third-order valence-electron chi connectivity index (χ3n) is 2.41. The van der Waals surface area contributed by atoms with Crippen molar-refractivity contribution in [2.75, 3.05) is 26.3 Å². The van der Waals surface area contributed by atoms with E-state index in [1.54, 1.807) is 0 Å². The van der Waals surface area contributed by atoms with Crippen LogP contribution in [0.2, 0.25) is 5.02 Å². The summed E-state index contributed by atoms with van der Waals surface area (Å²) in [5, 5.41) is 2.97. The number of benzene rings is 1. The zero-order valence-electron chi connectivity index (χ0n) is 8.58. The Morgan fingerprint density at radius 1 is 1.33 bits per heavy atom. The molecule has 3 nitrogen and oxygen atoms in total. The molecule has 0 aliphatic carbocycles. The van der Waals surface area contributed by atoms with Crippen LogP contribution in [0, 0.1) is 0 Å². The molecule has 15 heavy (non-hydrogen) atoms. The average Bonchev–Trinajstić information content (AvgIpc) is 2.28. The van der Waals surface area contributed by atoms with Crippen molar-refractivity contribution in [2.45, 2.75) is 6.54 Å². The van der Waals surface area contributed by atoms with Gasteiger partial charge in [0.25, 0.3) is 0 Å². The van der Waals surface area contributed by atoms with Crippen molar-refractivity contribution in [3.8, 4) is 0 Å². The number of rotatable bonds is 3. The van der Waals surface area contributed by atoms with Gasteiger partial charge in [0, 0.05) is 24.7 Å². The van der Waals surface area contributed by atoms with E-state index < -0.39 is 0 Å². The number of nitrogens with zero attached hydrogens (tertiary/aromatic N) is 1. The Labute approximate surface area is 94.9 Å². The maximum atomic E-state index is 5.90. The summed E-state index contributed by atoms with van der Waals surface area (Å²) in [5.74, 6) is 0. The summed E-state index contributed by atoms with van der Waals surface area (Å²) in [6.07, 6.45) is 0. The molecule has 1 fully saturated rings. The Balaban J connectivity index is 1.81. The van der Waals surface area contributed by atoms with Gasteiger partial charge < -0.3 is 4.74 Å². The van der Waals surface area contributed by atoms with Crippen LogP contribution in [0.25, 0.3) is 0 Å². The van der Waals surface area contributed by atoms with E-state index >= 15 is 0 Å². The van der Waals surface area contributed by atoms with Crippen LogP contribution < -0.4 is 5.43 Å². The van der Waals surface area contributed by atoms with E-state index in [0.717, 1.165) is 37.9 Å². The summed E-state index contributed by atoms with van der Waals surface area (Å²) >= 11 is 5.90. The number of ether oxygens (including phenoxy) is 1. The molecule has 0 aromatic heterocycles. The molecule has 0 atom stereocenters. The van der Waals surface area contributed by atoms with Crippen LogP contribution in [0.5, 0.6) is 0 Å². The molecule has 2 rings (SSSR count). The minimum Gasteiger partial charge on any atom is -0.379 e. The van der Waals surface area contributed by atoms with Gasteiger partial charge in [-0.15, -0.1) is 0 Å². The van der Waals surface area contributed by atoms with Crippen molar-refractivity contribution in [3.05, 3.63) is 34.9 Å². The van der Waals surface area contributed by atoms with E-state index in [1.165, 1.54) is 5.56 Å². The summed E-state index contributed by atoms with van der Waals surface area (Å²) in [6, 6.07) is 7.91. The smallest absolute Gasteiger partial charge is 0.0608 e.